The second kappa shape index (κ2) is 5.35. The molecule has 0 saturated heterocycles. The zero-order valence-corrected chi connectivity index (χ0v) is 10.2. The van der Waals surface area contributed by atoms with E-state index in [-0.39, 0.29) is 18.0 Å². The van der Waals surface area contributed by atoms with Crippen LogP contribution in [0.5, 0.6) is 0 Å². The average Bonchev–Trinajstić information content (AvgIpc) is 2.40. The summed E-state index contributed by atoms with van der Waals surface area (Å²) in [7, 11) is -3.45. The largest absolute Gasteiger partial charge is 0.506 e. The fraction of sp³-hybridized carbons (Fsp3) is 0.400. The Morgan fingerprint density at radius 2 is 2.18 bits per heavy atom. The Kier molecular flexibility index (Phi) is 4.33. The lowest BCUT2D eigenvalue weighted by Crippen LogP contribution is -2.23. The summed E-state index contributed by atoms with van der Waals surface area (Å²) in [6, 6.07) is 0. The van der Waals surface area contributed by atoms with Crippen molar-refractivity contribution in [2.24, 2.45) is 5.73 Å². The number of aliphatic hydroxyl groups excluding tert-OH is 2. The van der Waals surface area contributed by atoms with Gasteiger partial charge in [0, 0.05) is 6.54 Å². The third-order valence-corrected chi connectivity index (χ3v) is 2.81. The summed E-state index contributed by atoms with van der Waals surface area (Å²) in [6.45, 7) is 0.0725. The lowest BCUT2D eigenvalue weighted by molar-refractivity contribution is 0.217. The van der Waals surface area contributed by atoms with Gasteiger partial charge in [-0.25, -0.2) is 8.42 Å². The highest BCUT2D eigenvalue weighted by molar-refractivity contribution is 7.88. The Morgan fingerprint density at radius 1 is 1.53 bits per heavy atom. The van der Waals surface area contributed by atoms with Crippen LogP contribution in [-0.2, 0) is 10.0 Å². The summed E-state index contributed by atoms with van der Waals surface area (Å²) in [6.07, 6.45) is 4.86. The maximum absolute atomic E-state index is 11.1. The number of nitrogens with two attached hydrogens (primary N) is 1. The molecule has 0 aromatic rings. The average molecular weight is 260 g/mol. The van der Waals surface area contributed by atoms with Gasteiger partial charge in [0.1, 0.15) is 5.76 Å². The van der Waals surface area contributed by atoms with Gasteiger partial charge in [0.05, 0.1) is 18.1 Å². The van der Waals surface area contributed by atoms with Crippen molar-refractivity contribution < 1.29 is 18.6 Å². The number of sulfonamides is 1. The molecule has 0 amide bonds. The van der Waals surface area contributed by atoms with Gasteiger partial charge >= 0.3 is 0 Å². The van der Waals surface area contributed by atoms with Gasteiger partial charge in [0.2, 0.25) is 10.0 Å². The van der Waals surface area contributed by atoms with Crippen molar-refractivity contribution in [2.75, 3.05) is 12.8 Å². The molecule has 0 spiro atoms. The predicted octanol–water partition coefficient (Wildman–Crippen LogP) is -0.489. The minimum Gasteiger partial charge on any atom is -0.506 e. The monoisotopic (exact) mass is 260 g/mol. The zero-order valence-electron chi connectivity index (χ0n) is 9.42. The summed E-state index contributed by atoms with van der Waals surface area (Å²) in [5.74, 6) is -0.199. The molecule has 1 unspecified atom stereocenters. The van der Waals surface area contributed by atoms with E-state index in [2.05, 4.69) is 4.72 Å². The molecule has 1 atom stereocenters. The molecule has 1 aliphatic carbocycles. The van der Waals surface area contributed by atoms with E-state index in [1.807, 2.05) is 0 Å². The smallest absolute Gasteiger partial charge is 0.229 e. The fourth-order valence-electron chi connectivity index (χ4n) is 1.36. The fourth-order valence-corrected chi connectivity index (χ4v) is 1.95. The molecule has 0 aliphatic heterocycles. The maximum atomic E-state index is 11.1. The highest BCUT2D eigenvalue weighted by Gasteiger charge is 2.14. The van der Waals surface area contributed by atoms with Crippen LogP contribution in [0.15, 0.2) is 35.3 Å². The van der Waals surface area contributed by atoms with Crippen LogP contribution in [0.1, 0.15) is 6.42 Å². The van der Waals surface area contributed by atoms with E-state index in [1.54, 1.807) is 0 Å². The molecule has 96 valence electrons. The SMILES string of the molecule is CS(=O)(=O)NC1=CCC(C(O)CN)=CC=C1O. The number of aliphatic hydroxyl groups is 2. The zero-order chi connectivity index (χ0) is 13.1. The van der Waals surface area contributed by atoms with Crippen LogP contribution >= 0.6 is 0 Å². The van der Waals surface area contributed by atoms with Gasteiger partial charge < -0.3 is 15.9 Å². The van der Waals surface area contributed by atoms with E-state index >= 15 is 0 Å². The molecular formula is C10H16N2O4S. The first-order valence-electron chi connectivity index (χ1n) is 4.99. The Hall–Kier alpha value is -1.31. The molecule has 1 rings (SSSR count). The molecule has 0 radical (unpaired) electrons. The molecule has 0 aromatic carbocycles. The molecule has 5 N–H and O–H groups in total. The topological polar surface area (TPSA) is 113 Å². The molecule has 0 saturated carbocycles. The van der Waals surface area contributed by atoms with Crippen molar-refractivity contribution in [3.8, 4) is 0 Å². The van der Waals surface area contributed by atoms with Gasteiger partial charge in [-0.15, -0.1) is 0 Å². The quantitative estimate of drug-likeness (QED) is 0.545. The van der Waals surface area contributed by atoms with Gasteiger partial charge in [-0.2, -0.15) is 0 Å². The van der Waals surface area contributed by atoms with Gasteiger partial charge in [-0.05, 0) is 18.1 Å². The lowest BCUT2D eigenvalue weighted by Gasteiger charge is -2.10. The normalized spacial score (nSPS) is 18.6. The molecule has 1 aliphatic rings. The number of hydrogen-bond acceptors (Lipinski definition) is 5. The van der Waals surface area contributed by atoms with Gasteiger partial charge in [-0.1, -0.05) is 12.2 Å². The molecule has 0 aromatic heterocycles. The van der Waals surface area contributed by atoms with Crippen LogP contribution in [0.4, 0.5) is 0 Å². The van der Waals surface area contributed by atoms with Crippen LogP contribution in [0.2, 0.25) is 0 Å². The van der Waals surface area contributed by atoms with E-state index in [1.165, 1.54) is 18.2 Å². The Bertz CT molecular complexity index is 477. The third kappa shape index (κ3) is 4.22. The molecular weight excluding hydrogens is 244 g/mol. The number of allylic oxidation sites excluding steroid dienone is 3. The minimum atomic E-state index is -3.45. The second-order valence-corrected chi connectivity index (χ2v) is 5.49. The molecule has 17 heavy (non-hydrogen) atoms. The number of hydrogen-bond donors (Lipinski definition) is 4. The maximum Gasteiger partial charge on any atom is 0.229 e. The van der Waals surface area contributed by atoms with Crippen LogP contribution in [0.3, 0.4) is 0 Å². The van der Waals surface area contributed by atoms with Crippen LogP contribution in [-0.4, -0.2) is 37.5 Å². The first-order chi connectivity index (χ1) is 7.83. The van der Waals surface area contributed by atoms with Crippen molar-refractivity contribution >= 4 is 10.0 Å². The van der Waals surface area contributed by atoms with Crippen LogP contribution < -0.4 is 10.5 Å². The van der Waals surface area contributed by atoms with Gasteiger partial charge in [0.15, 0.2) is 0 Å². The first kappa shape index (κ1) is 13.8. The summed E-state index contributed by atoms with van der Waals surface area (Å²) in [4.78, 5) is 0. The van der Waals surface area contributed by atoms with E-state index in [4.69, 9.17) is 5.73 Å². The van der Waals surface area contributed by atoms with Crippen LogP contribution in [0.25, 0.3) is 0 Å². The van der Waals surface area contributed by atoms with E-state index in [0.29, 0.717) is 12.0 Å². The standard InChI is InChI=1S/C10H16N2O4S/c1-17(15,16)12-8-4-2-7(10(14)6-11)3-5-9(8)13/h3-5,10,12-14H,2,6,11H2,1H3. The number of rotatable bonds is 4. The van der Waals surface area contributed by atoms with E-state index in [9.17, 15) is 18.6 Å². The van der Waals surface area contributed by atoms with Gasteiger partial charge in [-0.3, -0.25) is 4.72 Å². The molecule has 6 nitrogen and oxygen atoms in total. The van der Waals surface area contributed by atoms with Crippen molar-refractivity contribution in [1.82, 2.24) is 4.72 Å². The van der Waals surface area contributed by atoms with Gasteiger partial charge in [0.25, 0.3) is 0 Å². The third-order valence-electron chi connectivity index (χ3n) is 2.22. The molecule has 0 bridgehead atoms. The first-order valence-corrected chi connectivity index (χ1v) is 6.89. The Labute approximate surface area is 100 Å². The molecule has 7 heteroatoms. The molecule has 0 fully saturated rings. The number of nitrogens with one attached hydrogen (secondary N) is 1. The van der Waals surface area contributed by atoms with E-state index in [0.717, 1.165) is 6.26 Å². The Morgan fingerprint density at radius 3 is 2.71 bits per heavy atom. The predicted molar refractivity (Wildman–Crippen MR) is 64.5 cm³/mol. The lowest BCUT2D eigenvalue weighted by atomic mass is 10.1. The van der Waals surface area contributed by atoms with E-state index < -0.39 is 16.1 Å². The van der Waals surface area contributed by atoms with Crippen LogP contribution in [0, 0.1) is 0 Å². The van der Waals surface area contributed by atoms with Crippen molar-refractivity contribution in [1.29, 1.82) is 0 Å². The summed E-state index contributed by atoms with van der Waals surface area (Å²) in [5.41, 5.74) is 6.03. The van der Waals surface area contributed by atoms with Crippen molar-refractivity contribution in [3.05, 3.63) is 35.3 Å². The van der Waals surface area contributed by atoms with Crippen molar-refractivity contribution in [3.63, 3.8) is 0 Å². The highest BCUT2D eigenvalue weighted by Crippen LogP contribution is 2.17. The highest BCUT2D eigenvalue weighted by atomic mass is 32.2. The van der Waals surface area contributed by atoms with Crippen molar-refractivity contribution in [2.45, 2.75) is 12.5 Å². The summed E-state index contributed by atoms with van der Waals surface area (Å²) >= 11 is 0. The minimum absolute atomic E-state index is 0.0725. The summed E-state index contributed by atoms with van der Waals surface area (Å²) in [5, 5.41) is 19.1. The second-order valence-electron chi connectivity index (χ2n) is 3.74. The Balaban J connectivity index is 2.91. The summed E-state index contributed by atoms with van der Waals surface area (Å²) < 4.78 is 24.3. The molecule has 0 heterocycles.